The SMILES string of the molecule is O=C(NCc1ccc(Br)s1)Nc1ccncc1. The summed E-state index contributed by atoms with van der Waals surface area (Å²) in [6, 6.07) is 7.19. The zero-order valence-corrected chi connectivity index (χ0v) is 11.2. The molecule has 0 aliphatic heterocycles. The summed E-state index contributed by atoms with van der Waals surface area (Å²) in [4.78, 5) is 16.5. The van der Waals surface area contributed by atoms with Gasteiger partial charge < -0.3 is 10.6 Å². The topological polar surface area (TPSA) is 54.0 Å². The maximum atomic E-state index is 11.5. The number of hydrogen-bond donors (Lipinski definition) is 2. The highest BCUT2D eigenvalue weighted by atomic mass is 79.9. The third kappa shape index (κ3) is 3.83. The summed E-state index contributed by atoms with van der Waals surface area (Å²) in [7, 11) is 0. The molecule has 2 rings (SSSR count). The minimum atomic E-state index is -0.222. The molecule has 2 amide bonds. The van der Waals surface area contributed by atoms with Crippen molar-refractivity contribution in [3.05, 3.63) is 45.3 Å². The highest BCUT2D eigenvalue weighted by Gasteiger charge is 2.02. The van der Waals surface area contributed by atoms with Crippen LogP contribution in [0.15, 0.2) is 40.4 Å². The Balaban J connectivity index is 1.82. The average molecular weight is 312 g/mol. The van der Waals surface area contributed by atoms with E-state index in [-0.39, 0.29) is 6.03 Å². The molecule has 4 nitrogen and oxygen atoms in total. The highest BCUT2D eigenvalue weighted by Crippen LogP contribution is 2.21. The number of halogens is 1. The second-order valence-corrected chi connectivity index (χ2v) is 5.80. The van der Waals surface area contributed by atoms with E-state index >= 15 is 0 Å². The monoisotopic (exact) mass is 311 g/mol. The van der Waals surface area contributed by atoms with E-state index in [1.54, 1.807) is 35.9 Å². The molecule has 0 aliphatic rings. The lowest BCUT2D eigenvalue weighted by Gasteiger charge is -2.05. The zero-order valence-electron chi connectivity index (χ0n) is 8.81. The molecule has 0 bridgehead atoms. The molecule has 0 fully saturated rings. The molecule has 0 radical (unpaired) electrons. The number of anilines is 1. The number of urea groups is 1. The van der Waals surface area contributed by atoms with E-state index in [0.717, 1.165) is 14.4 Å². The van der Waals surface area contributed by atoms with Crippen LogP contribution >= 0.6 is 27.3 Å². The number of carbonyl (C=O) groups is 1. The number of pyridine rings is 1. The first-order chi connectivity index (χ1) is 8.24. The molecule has 0 unspecified atom stereocenters. The van der Waals surface area contributed by atoms with Gasteiger partial charge in [-0.25, -0.2) is 4.79 Å². The fraction of sp³-hybridized carbons (Fsp3) is 0.0909. The van der Waals surface area contributed by atoms with Crippen LogP contribution in [-0.2, 0) is 6.54 Å². The number of rotatable bonds is 3. The molecule has 2 heterocycles. The first kappa shape index (κ1) is 12.1. The molecule has 2 aromatic heterocycles. The molecule has 0 saturated heterocycles. The van der Waals surface area contributed by atoms with Crippen molar-refractivity contribution in [1.82, 2.24) is 10.3 Å². The quantitative estimate of drug-likeness (QED) is 0.914. The van der Waals surface area contributed by atoms with Gasteiger partial charge in [-0.2, -0.15) is 0 Å². The van der Waals surface area contributed by atoms with E-state index in [4.69, 9.17) is 0 Å². The first-order valence-corrected chi connectivity index (χ1v) is 6.54. The van der Waals surface area contributed by atoms with Gasteiger partial charge in [0.05, 0.1) is 10.3 Å². The van der Waals surface area contributed by atoms with E-state index in [0.29, 0.717) is 6.54 Å². The van der Waals surface area contributed by atoms with E-state index in [2.05, 4.69) is 31.5 Å². The van der Waals surface area contributed by atoms with Gasteiger partial charge in [-0.05, 0) is 40.2 Å². The van der Waals surface area contributed by atoms with Crippen LogP contribution in [0.4, 0.5) is 10.5 Å². The third-order valence-corrected chi connectivity index (χ3v) is 3.61. The Bertz CT molecular complexity index is 500. The summed E-state index contributed by atoms with van der Waals surface area (Å²) in [6.07, 6.45) is 3.26. The van der Waals surface area contributed by atoms with Gasteiger partial charge >= 0.3 is 6.03 Å². The van der Waals surface area contributed by atoms with Crippen molar-refractivity contribution >= 4 is 39.0 Å². The summed E-state index contributed by atoms with van der Waals surface area (Å²) in [5, 5.41) is 5.50. The number of nitrogens with zero attached hydrogens (tertiary/aromatic N) is 1. The van der Waals surface area contributed by atoms with Crippen molar-refractivity contribution in [3.8, 4) is 0 Å². The van der Waals surface area contributed by atoms with Crippen LogP contribution in [0.2, 0.25) is 0 Å². The first-order valence-electron chi connectivity index (χ1n) is 4.93. The van der Waals surface area contributed by atoms with Crippen molar-refractivity contribution in [3.63, 3.8) is 0 Å². The van der Waals surface area contributed by atoms with Crippen molar-refractivity contribution in [2.24, 2.45) is 0 Å². The minimum absolute atomic E-state index is 0.222. The number of thiophene rings is 1. The van der Waals surface area contributed by atoms with Crippen LogP contribution in [0.1, 0.15) is 4.88 Å². The number of aromatic nitrogens is 1. The van der Waals surface area contributed by atoms with Crippen LogP contribution in [0.25, 0.3) is 0 Å². The van der Waals surface area contributed by atoms with Crippen molar-refractivity contribution < 1.29 is 4.79 Å². The number of hydrogen-bond acceptors (Lipinski definition) is 3. The molecule has 0 spiro atoms. The Kier molecular flexibility index (Phi) is 4.11. The average Bonchev–Trinajstić information content (AvgIpc) is 2.74. The fourth-order valence-electron chi connectivity index (χ4n) is 1.22. The Morgan fingerprint density at radius 2 is 2.06 bits per heavy atom. The lowest BCUT2D eigenvalue weighted by atomic mass is 10.4. The standard InChI is InChI=1S/C11H10BrN3OS/c12-10-2-1-9(17-10)7-14-11(16)15-8-3-5-13-6-4-8/h1-6H,7H2,(H2,13,14,15,16). The molecule has 0 atom stereocenters. The van der Waals surface area contributed by atoms with Gasteiger partial charge in [-0.1, -0.05) is 0 Å². The Morgan fingerprint density at radius 1 is 1.29 bits per heavy atom. The van der Waals surface area contributed by atoms with Gasteiger partial charge in [0.15, 0.2) is 0 Å². The zero-order chi connectivity index (χ0) is 12.1. The van der Waals surface area contributed by atoms with Crippen molar-refractivity contribution in [1.29, 1.82) is 0 Å². The normalized spacial score (nSPS) is 9.94. The maximum absolute atomic E-state index is 11.5. The van der Waals surface area contributed by atoms with Gasteiger partial charge in [0.1, 0.15) is 0 Å². The van der Waals surface area contributed by atoms with Crippen LogP contribution in [-0.4, -0.2) is 11.0 Å². The Morgan fingerprint density at radius 3 is 2.71 bits per heavy atom. The second kappa shape index (κ2) is 5.79. The predicted octanol–water partition coefficient (Wildman–Crippen LogP) is 3.23. The minimum Gasteiger partial charge on any atom is -0.333 e. The molecule has 17 heavy (non-hydrogen) atoms. The number of amides is 2. The lowest BCUT2D eigenvalue weighted by molar-refractivity contribution is 0.252. The second-order valence-electron chi connectivity index (χ2n) is 3.25. The fourth-order valence-corrected chi connectivity index (χ4v) is 2.65. The molecule has 0 saturated carbocycles. The van der Waals surface area contributed by atoms with E-state index in [1.165, 1.54) is 0 Å². The predicted molar refractivity (Wildman–Crippen MR) is 72.1 cm³/mol. The van der Waals surface area contributed by atoms with Crippen LogP contribution in [0.3, 0.4) is 0 Å². The summed E-state index contributed by atoms with van der Waals surface area (Å²) in [5.74, 6) is 0. The van der Waals surface area contributed by atoms with Gasteiger partial charge in [0.2, 0.25) is 0 Å². The van der Waals surface area contributed by atoms with E-state index in [1.807, 2.05) is 12.1 Å². The molecule has 0 aliphatic carbocycles. The lowest BCUT2D eigenvalue weighted by Crippen LogP contribution is -2.27. The number of carbonyl (C=O) groups excluding carboxylic acids is 1. The van der Waals surface area contributed by atoms with Crippen molar-refractivity contribution in [2.75, 3.05) is 5.32 Å². The van der Waals surface area contributed by atoms with Crippen LogP contribution in [0, 0.1) is 0 Å². The highest BCUT2D eigenvalue weighted by molar-refractivity contribution is 9.11. The molecular formula is C11H10BrN3OS. The molecular weight excluding hydrogens is 302 g/mol. The summed E-state index contributed by atoms with van der Waals surface area (Å²) in [6.45, 7) is 0.521. The molecule has 6 heteroatoms. The van der Waals surface area contributed by atoms with Gasteiger partial charge in [0, 0.05) is 23.0 Å². The van der Waals surface area contributed by atoms with Crippen molar-refractivity contribution in [2.45, 2.75) is 6.54 Å². The smallest absolute Gasteiger partial charge is 0.319 e. The van der Waals surface area contributed by atoms with E-state index in [9.17, 15) is 4.79 Å². The van der Waals surface area contributed by atoms with Crippen LogP contribution in [0.5, 0.6) is 0 Å². The van der Waals surface area contributed by atoms with Gasteiger partial charge in [0.25, 0.3) is 0 Å². The largest absolute Gasteiger partial charge is 0.333 e. The van der Waals surface area contributed by atoms with E-state index < -0.39 is 0 Å². The van der Waals surface area contributed by atoms with Gasteiger partial charge in [-0.15, -0.1) is 11.3 Å². The number of nitrogens with one attached hydrogen (secondary N) is 2. The molecule has 2 N–H and O–H groups in total. The summed E-state index contributed by atoms with van der Waals surface area (Å²) < 4.78 is 1.06. The summed E-state index contributed by atoms with van der Waals surface area (Å²) in [5.41, 5.74) is 0.727. The molecule has 2 aromatic rings. The third-order valence-electron chi connectivity index (χ3n) is 1.99. The molecule has 0 aromatic carbocycles. The molecule has 88 valence electrons. The van der Waals surface area contributed by atoms with Crippen LogP contribution < -0.4 is 10.6 Å². The summed E-state index contributed by atoms with van der Waals surface area (Å²) >= 11 is 4.98. The Labute approximate surface area is 111 Å². The van der Waals surface area contributed by atoms with Gasteiger partial charge in [-0.3, -0.25) is 4.98 Å². The maximum Gasteiger partial charge on any atom is 0.319 e. The Hall–Kier alpha value is -1.40.